The number of nitrogens with two attached hydrogens (primary N) is 1. The number of hydrogen-bond donors (Lipinski definition) is 2. The van der Waals surface area contributed by atoms with Crippen LogP contribution in [0.3, 0.4) is 0 Å². The van der Waals surface area contributed by atoms with Crippen LogP contribution in [0.1, 0.15) is 18.1 Å². The van der Waals surface area contributed by atoms with Gasteiger partial charge in [0.25, 0.3) is 0 Å². The second kappa shape index (κ2) is 7.24. The molecule has 0 spiro atoms. The van der Waals surface area contributed by atoms with Gasteiger partial charge in [-0.1, -0.05) is 12.1 Å². The number of amides is 1. The third kappa shape index (κ3) is 3.56. The molecule has 27 heavy (non-hydrogen) atoms. The van der Waals surface area contributed by atoms with Crippen LogP contribution in [0.4, 0.5) is 0 Å². The minimum absolute atomic E-state index is 0.123. The Morgan fingerprint density at radius 1 is 1.11 bits per heavy atom. The third-order valence-corrected chi connectivity index (χ3v) is 4.42. The molecule has 2 aliphatic heterocycles. The molecule has 2 heterocycles. The van der Waals surface area contributed by atoms with Crippen molar-refractivity contribution in [3.05, 3.63) is 41.5 Å². The van der Waals surface area contributed by atoms with E-state index >= 15 is 0 Å². The Labute approximate surface area is 156 Å². The van der Waals surface area contributed by atoms with Crippen LogP contribution in [0.15, 0.2) is 30.3 Å². The van der Waals surface area contributed by atoms with Crippen molar-refractivity contribution in [3.63, 3.8) is 0 Å². The van der Waals surface area contributed by atoms with E-state index in [1.54, 1.807) is 6.92 Å². The van der Waals surface area contributed by atoms with Crippen molar-refractivity contribution < 1.29 is 28.5 Å². The molecule has 8 nitrogen and oxygen atoms in total. The van der Waals surface area contributed by atoms with Gasteiger partial charge in [-0.2, -0.15) is 0 Å². The summed E-state index contributed by atoms with van der Waals surface area (Å²) in [7, 11) is 0. The van der Waals surface area contributed by atoms with E-state index in [9.17, 15) is 4.79 Å². The van der Waals surface area contributed by atoms with Crippen LogP contribution in [0.2, 0.25) is 0 Å². The predicted molar refractivity (Wildman–Crippen MR) is 95.0 cm³/mol. The van der Waals surface area contributed by atoms with Crippen molar-refractivity contribution in [1.82, 2.24) is 5.32 Å². The van der Waals surface area contributed by atoms with E-state index in [4.69, 9.17) is 29.4 Å². The van der Waals surface area contributed by atoms with Gasteiger partial charge >= 0.3 is 0 Å². The van der Waals surface area contributed by atoms with Gasteiger partial charge in [0.1, 0.15) is 6.61 Å². The molecule has 0 aromatic heterocycles. The summed E-state index contributed by atoms with van der Waals surface area (Å²) in [5.74, 6) is 2.80. The molecule has 3 N–H and O–H groups in total. The first kappa shape index (κ1) is 17.3. The van der Waals surface area contributed by atoms with Crippen LogP contribution in [0, 0.1) is 0 Å². The van der Waals surface area contributed by atoms with E-state index in [0.29, 0.717) is 36.1 Å². The summed E-state index contributed by atoms with van der Waals surface area (Å²) in [4.78, 5) is 11.2. The quantitative estimate of drug-likeness (QED) is 0.763. The third-order valence-electron chi connectivity index (χ3n) is 4.42. The second-order valence-corrected chi connectivity index (χ2v) is 6.27. The highest BCUT2D eigenvalue weighted by Crippen LogP contribution is 2.44. The Morgan fingerprint density at radius 2 is 1.89 bits per heavy atom. The summed E-state index contributed by atoms with van der Waals surface area (Å²) in [6.45, 7) is 2.85. The molecule has 0 saturated carbocycles. The van der Waals surface area contributed by atoms with Crippen LogP contribution < -0.4 is 34.7 Å². The molecular formula is C19H20N2O6. The molecule has 1 amide bonds. The summed E-state index contributed by atoms with van der Waals surface area (Å²) in [5.41, 5.74) is 7.09. The fraction of sp³-hybridized carbons (Fsp3) is 0.316. The lowest BCUT2D eigenvalue weighted by Crippen LogP contribution is -2.38. The summed E-state index contributed by atoms with van der Waals surface area (Å²) in [6.07, 6.45) is 0. The fourth-order valence-electron chi connectivity index (χ4n) is 2.84. The minimum Gasteiger partial charge on any atom is -0.485 e. The van der Waals surface area contributed by atoms with Gasteiger partial charge in [0.15, 0.2) is 23.0 Å². The minimum atomic E-state index is -0.440. The smallest absolute Gasteiger partial charge is 0.234 e. The van der Waals surface area contributed by atoms with Gasteiger partial charge in [-0.05, 0) is 30.7 Å². The van der Waals surface area contributed by atoms with Gasteiger partial charge < -0.3 is 34.7 Å². The zero-order valence-corrected chi connectivity index (χ0v) is 14.8. The van der Waals surface area contributed by atoms with Crippen molar-refractivity contribution in [3.8, 4) is 28.7 Å². The average molecular weight is 372 g/mol. The van der Waals surface area contributed by atoms with Crippen LogP contribution in [0.5, 0.6) is 28.7 Å². The Morgan fingerprint density at radius 3 is 2.74 bits per heavy atom. The number of carbonyl (C=O) groups is 1. The summed E-state index contributed by atoms with van der Waals surface area (Å²) < 4.78 is 27.8. The van der Waals surface area contributed by atoms with E-state index in [-0.39, 0.29) is 13.6 Å². The molecule has 1 unspecified atom stereocenters. The molecule has 8 heteroatoms. The van der Waals surface area contributed by atoms with E-state index < -0.39 is 11.9 Å². The highest BCUT2D eigenvalue weighted by Gasteiger charge is 2.24. The van der Waals surface area contributed by atoms with Crippen LogP contribution in [0.25, 0.3) is 0 Å². The number of benzene rings is 2. The number of ether oxygens (including phenoxy) is 5. The molecule has 2 aromatic carbocycles. The lowest BCUT2D eigenvalue weighted by molar-refractivity contribution is -0.119. The van der Waals surface area contributed by atoms with Gasteiger partial charge in [-0.15, -0.1) is 0 Å². The van der Waals surface area contributed by atoms with Gasteiger partial charge in [-0.25, -0.2) is 0 Å². The number of rotatable bonds is 7. The van der Waals surface area contributed by atoms with E-state index in [0.717, 1.165) is 16.9 Å². The van der Waals surface area contributed by atoms with E-state index in [1.165, 1.54) is 0 Å². The Hall–Kier alpha value is -3.13. The Kier molecular flexibility index (Phi) is 4.64. The predicted octanol–water partition coefficient (Wildman–Crippen LogP) is 1.69. The number of nitrogens with one attached hydrogen (secondary N) is 1. The van der Waals surface area contributed by atoms with Crippen LogP contribution >= 0.6 is 0 Å². The van der Waals surface area contributed by atoms with Crippen LogP contribution in [-0.2, 0) is 17.9 Å². The van der Waals surface area contributed by atoms with Crippen molar-refractivity contribution >= 4 is 5.91 Å². The standard InChI is InChI=1S/C19H20N2O6/c1-11(19(20)22)21-7-13-3-5-15(18-17(13)26-10-27-18)23-8-12-2-4-14-16(6-12)25-9-24-14/h2-6,11,21H,7-10H2,1H3,(H2,20,22). The van der Waals surface area contributed by atoms with Crippen molar-refractivity contribution in [1.29, 1.82) is 0 Å². The molecule has 0 bridgehead atoms. The summed E-state index contributed by atoms with van der Waals surface area (Å²) in [5, 5.41) is 3.05. The highest BCUT2D eigenvalue weighted by atomic mass is 16.7. The van der Waals surface area contributed by atoms with E-state index in [2.05, 4.69) is 5.32 Å². The SMILES string of the molecule is CC(NCc1ccc(OCc2ccc3c(c2)OCO3)c2c1OCO2)C(N)=O. The molecular weight excluding hydrogens is 352 g/mol. The van der Waals surface area contributed by atoms with Crippen LogP contribution in [-0.4, -0.2) is 25.5 Å². The van der Waals surface area contributed by atoms with E-state index in [1.807, 2.05) is 30.3 Å². The first-order chi connectivity index (χ1) is 13.1. The second-order valence-electron chi connectivity index (χ2n) is 6.27. The molecule has 0 aliphatic carbocycles. The Bertz CT molecular complexity index is 870. The highest BCUT2D eigenvalue weighted by molar-refractivity contribution is 5.79. The monoisotopic (exact) mass is 372 g/mol. The van der Waals surface area contributed by atoms with Crippen molar-refractivity contribution in [2.24, 2.45) is 5.73 Å². The van der Waals surface area contributed by atoms with Gasteiger partial charge in [0.2, 0.25) is 25.2 Å². The Balaban J connectivity index is 1.46. The number of carbonyl (C=O) groups excluding carboxylic acids is 1. The zero-order valence-electron chi connectivity index (χ0n) is 14.8. The first-order valence-corrected chi connectivity index (χ1v) is 8.57. The summed E-state index contributed by atoms with van der Waals surface area (Å²) >= 11 is 0. The maximum atomic E-state index is 11.2. The number of fused-ring (bicyclic) bond motifs is 2. The summed E-state index contributed by atoms with van der Waals surface area (Å²) in [6, 6.07) is 8.94. The number of hydrogen-bond acceptors (Lipinski definition) is 7. The van der Waals surface area contributed by atoms with Crippen molar-refractivity contribution in [2.45, 2.75) is 26.1 Å². The maximum Gasteiger partial charge on any atom is 0.234 e. The lowest BCUT2D eigenvalue weighted by atomic mass is 10.1. The average Bonchev–Trinajstić information content (AvgIpc) is 3.33. The van der Waals surface area contributed by atoms with Gasteiger partial charge in [0.05, 0.1) is 6.04 Å². The fourth-order valence-corrected chi connectivity index (χ4v) is 2.84. The normalized spacial score (nSPS) is 14.9. The van der Waals surface area contributed by atoms with Crippen molar-refractivity contribution in [2.75, 3.05) is 13.6 Å². The number of primary amides is 1. The van der Waals surface area contributed by atoms with Gasteiger partial charge in [0, 0.05) is 12.1 Å². The topological polar surface area (TPSA) is 101 Å². The largest absolute Gasteiger partial charge is 0.485 e. The molecule has 0 fully saturated rings. The molecule has 2 aliphatic rings. The molecule has 0 radical (unpaired) electrons. The molecule has 142 valence electrons. The molecule has 4 rings (SSSR count). The maximum absolute atomic E-state index is 11.2. The van der Waals surface area contributed by atoms with Gasteiger partial charge in [-0.3, -0.25) is 4.79 Å². The molecule has 1 atom stereocenters. The zero-order chi connectivity index (χ0) is 18.8. The lowest BCUT2D eigenvalue weighted by Gasteiger charge is -2.14. The first-order valence-electron chi connectivity index (χ1n) is 8.57. The molecule has 0 saturated heterocycles. The molecule has 2 aromatic rings.